The molecule has 2 heterocycles. The van der Waals surface area contributed by atoms with Gasteiger partial charge in [0.2, 0.25) is 0 Å². The molecule has 2 rings (SSSR count). The second-order valence-electron chi connectivity index (χ2n) is 5.50. The molecule has 0 spiro atoms. The van der Waals surface area contributed by atoms with E-state index in [0.717, 1.165) is 12.8 Å². The minimum Gasteiger partial charge on any atom is -0.478 e. The first-order chi connectivity index (χ1) is 9.98. The van der Waals surface area contributed by atoms with Crippen molar-refractivity contribution in [1.82, 2.24) is 10.3 Å². The highest BCUT2D eigenvalue weighted by Gasteiger charge is 2.27. The lowest BCUT2D eigenvalue weighted by Crippen LogP contribution is -2.41. The maximum atomic E-state index is 11.8. The number of urea groups is 1. The van der Waals surface area contributed by atoms with Crippen LogP contribution in [-0.2, 0) is 4.74 Å². The summed E-state index contributed by atoms with van der Waals surface area (Å²) in [6.07, 6.45) is 4.45. The summed E-state index contributed by atoms with van der Waals surface area (Å²) < 4.78 is 5.31. The van der Waals surface area contributed by atoms with Gasteiger partial charge in [0.05, 0.1) is 17.4 Å². The first-order valence-corrected chi connectivity index (χ1v) is 6.79. The third kappa shape index (κ3) is 4.42. The molecule has 7 heteroatoms. The fraction of sp³-hybridized carbons (Fsp3) is 0.500. The molecule has 0 unspecified atom stereocenters. The van der Waals surface area contributed by atoms with Crippen LogP contribution in [0.4, 0.5) is 10.5 Å². The van der Waals surface area contributed by atoms with E-state index in [4.69, 9.17) is 9.84 Å². The number of carboxylic acids is 1. The molecule has 0 saturated carbocycles. The number of ether oxygens (including phenoxy) is 1. The Morgan fingerprint density at radius 2 is 2.10 bits per heavy atom. The van der Waals surface area contributed by atoms with Gasteiger partial charge < -0.3 is 20.5 Å². The number of pyridine rings is 1. The molecule has 0 atom stereocenters. The van der Waals surface area contributed by atoms with Gasteiger partial charge >= 0.3 is 12.0 Å². The van der Waals surface area contributed by atoms with Crippen molar-refractivity contribution in [2.45, 2.75) is 19.8 Å². The molecule has 1 aromatic rings. The third-order valence-electron chi connectivity index (χ3n) is 3.62. The van der Waals surface area contributed by atoms with E-state index in [0.29, 0.717) is 25.4 Å². The number of hydrogen-bond acceptors (Lipinski definition) is 4. The fourth-order valence-electron chi connectivity index (χ4n) is 2.14. The Morgan fingerprint density at radius 3 is 2.76 bits per heavy atom. The normalized spacial score (nSPS) is 17.0. The summed E-state index contributed by atoms with van der Waals surface area (Å²) in [4.78, 5) is 26.5. The van der Waals surface area contributed by atoms with Crippen LogP contribution < -0.4 is 10.6 Å². The van der Waals surface area contributed by atoms with Crippen LogP contribution in [-0.4, -0.2) is 41.8 Å². The molecule has 0 radical (unpaired) electrons. The lowest BCUT2D eigenvalue weighted by Gasteiger charge is -2.33. The zero-order valence-corrected chi connectivity index (χ0v) is 11.9. The van der Waals surface area contributed by atoms with Gasteiger partial charge in [-0.05, 0) is 24.3 Å². The predicted octanol–water partition coefficient (Wildman–Crippen LogP) is 1.72. The molecule has 2 amide bonds. The van der Waals surface area contributed by atoms with Crippen LogP contribution in [0.1, 0.15) is 30.1 Å². The van der Waals surface area contributed by atoms with Gasteiger partial charge in [-0.15, -0.1) is 0 Å². The Bertz CT molecular complexity index is 527. The first kappa shape index (κ1) is 15.2. The molecule has 1 aromatic heterocycles. The molecule has 0 bridgehead atoms. The number of amides is 2. The van der Waals surface area contributed by atoms with Crippen LogP contribution in [0.15, 0.2) is 18.5 Å². The Balaban J connectivity index is 1.87. The number of anilines is 1. The number of carbonyl (C=O) groups is 2. The van der Waals surface area contributed by atoms with Gasteiger partial charge in [0, 0.05) is 26.0 Å². The van der Waals surface area contributed by atoms with Crippen molar-refractivity contribution in [2.24, 2.45) is 5.41 Å². The van der Waals surface area contributed by atoms with Gasteiger partial charge in [0.25, 0.3) is 0 Å². The van der Waals surface area contributed by atoms with Crippen molar-refractivity contribution in [3.63, 3.8) is 0 Å². The largest absolute Gasteiger partial charge is 0.478 e. The minimum atomic E-state index is -1.08. The Morgan fingerprint density at radius 1 is 1.38 bits per heavy atom. The highest BCUT2D eigenvalue weighted by atomic mass is 16.5. The molecule has 21 heavy (non-hydrogen) atoms. The zero-order chi connectivity index (χ0) is 15.3. The molecule has 3 N–H and O–H groups in total. The highest BCUT2D eigenvalue weighted by molar-refractivity contribution is 5.92. The first-order valence-electron chi connectivity index (χ1n) is 6.79. The predicted molar refractivity (Wildman–Crippen MR) is 76.4 cm³/mol. The highest BCUT2D eigenvalue weighted by Crippen LogP contribution is 2.28. The molecule has 0 aliphatic carbocycles. The van der Waals surface area contributed by atoms with E-state index >= 15 is 0 Å². The summed E-state index contributed by atoms with van der Waals surface area (Å²) in [5.74, 6) is -1.08. The standard InChI is InChI=1S/C14H19N3O4/c1-14(2-4-21-5-3-14)9-16-13(20)17-11-6-10(12(18)19)7-15-8-11/h6-8H,2-5,9H2,1H3,(H,18,19)(H2,16,17,20). The summed E-state index contributed by atoms with van der Waals surface area (Å²) in [6, 6.07) is 0.998. The van der Waals surface area contributed by atoms with Crippen LogP contribution in [0.25, 0.3) is 0 Å². The van der Waals surface area contributed by atoms with E-state index in [-0.39, 0.29) is 17.0 Å². The number of carboxylic acid groups (broad SMARTS) is 1. The van der Waals surface area contributed by atoms with Crippen LogP contribution in [0.2, 0.25) is 0 Å². The quantitative estimate of drug-likeness (QED) is 0.784. The van der Waals surface area contributed by atoms with Crippen molar-refractivity contribution >= 4 is 17.7 Å². The summed E-state index contributed by atoms with van der Waals surface area (Å²) in [7, 11) is 0. The lowest BCUT2D eigenvalue weighted by molar-refractivity contribution is 0.0254. The third-order valence-corrected chi connectivity index (χ3v) is 3.62. The van der Waals surface area contributed by atoms with Gasteiger partial charge in [0.1, 0.15) is 0 Å². The number of nitrogens with one attached hydrogen (secondary N) is 2. The van der Waals surface area contributed by atoms with E-state index in [9.17, 15) is 9.59 Å². The van der Waals surface area contributed by atoms with Crippen molar-refractivity contribution < 1.29 is 19.4 Å². The van der Waals surface area contributed by atoms with Crippen molar-refractivity contribution in [2.75, 3.05) is 25.1 Å². The lowest BCUT2D eigenvalue weighted by atomic mass is 9.82. The van der Waals surface area contributed by atoms with Crippen molar-refractivity contribution in [1.29, 1.82) is 0 Å². The minimum absolute atomic E-state index is 0.0317. The Labute approximate surface area is 122 Å². The number of rotatable bonds is 4. The van der Waals surface area contributed by atoms with Gasteiger partial charge in [0.15, 0.2) is 0 Å². The Hall–Kier alpha value is -2.15. The number of nitrogens with zero attached hydrogens (tertiary/aromatic N) is 1. The van der Waals surface area contributed by atoms with Gasteiger partial charge in [-0.1, -0.05) is 6.92 Å². The molecular weight excluding hydrogens is 274 g/mol. The summed E-state index contributed by atoms with van der Waals surface area (Å²) >= 11 is 0. The second-order valence-corrected chi connectivity index (χ2v) is 5.50. The number of carbonyl (C=O) groups excluding carboxylic acids is 1. The van der Waals surface area contributed by atoms with Crippen LogP contribution in [0.3, 0.4) is 0 Å². The summed E-state index contributed by atoms with van der Waals surface area (Å²) in [5, 5.41) is 14.3. The maximum Gasteiger partial charge on any atom is 0.337 e. The molecule has 0 aromatic carbocycles. The fourth-order valence-corrected chi connectivity index (χ4v) is 2.14. The number of aromatic carboxylic acids is 1. The smallest absolute Gasteiger partial charge is 0.337 e. The topological polar surface area (TPSA) is 101 Å². The average molecular weight is 293 g/mol. The molecule has 1 aliphatic heterocycles. The van der Waals surface area contributed by atoms with Crippen LogP contribution in [0.5, 0.6) is 0 Å². The number of hydrogen-bond donors (Lipinski definition) is 3. The van der Waals surface area contributed by atoms with Gasteiger partial charge in [-0.25, -0.2) is 9.59 Å². The zero-order valence-electron chi connectivity index (χ0n) is 11.9. The van der Waals surface area contributed by atoms with Gasteiger partial charge in [-0.3, -0.25) is 4.98 Å². The SMILES string of the molecule is CC1(CNC(=O)Nc2cncc(C(=O)O)c2)CCOCC1. The molecule has 114 valence electrons. The average Bonchev–Trinajstić information content (AvgIpc) is 2.46. The van der Waals surface area contributed by atoms with E-state index in [1.807, 2.05) is 0 Å². The second kappa shape index (κ2) is 6.53. The van der Waals surface area contributed by atoms with Crippen LogP contribution in [0, 0.1) is 5.41 Å². The maximum absolute atomic E-state index is 11.8. The van der Waals surface area contributed by atoms with Crippen LogP contribution >= 0.6 is 0 Å². The van der Waals surface area contributed by atoms with E-state index in [1.54, 1.807) is 0 Å². The summed E-state index contributed by atoms with van der Waals surface area (Å²) in [6.45, 7) is 4.09. The van der Waals surface area contributed by atoms with Crippen molar-refractivity contribution in [3.8, 4) is 0 Å². The van der Waals surface area contributed by atoms with E-state index in [2.05, 4.69) is 22.5 Å². The molecule has 7 nitrogen and oxygen atoms in total. The van der Waals surface area contributed by atoms with E-state index < -0.39 is 5.97 Å². The van der Waals surface area contributed by atoms with Gasteiger partial charge in [-0.2, -0.15) is 0 Å². The molecule has 1 fully saturated rings. The number of aromatic nitrogens is 1. The van der Waals surface area contributed by atoms with E-state index in [1.165, 1.54) is 18.5 Å². The van der Waals surface area contributed by atoms with Crippen molar-refractivity contribution in [3.05, 3.63) is 24.0 Å². The monoisotopic (exact) mass is 293 g/mol. The Kier molecular flexibility index (Phi) is 4.74. The summed E-state index contributed by atoms with van der Waals surface area (Å²) in [5.41, 5.74) is 0.422. The molecule has 1 aliphatic rings. The molecular formula is C14H19N3O4. The molecule has 1 saturated heterocycles.